The molecule has 0 atom stereocenters. The molecule has 1 N–H and O–H groups in total. The van der Waals surface area contributed by atoms with E-state index in [1.165, 1.54) is 24.3 Å². The molecule has 0 aliphatic rings. The number of benzene rings is 3. The lowest BCUT2D eigenvalue weighted by Gasteiger charge is -2.24. The van der Waals surface area contributed by atoms with Crippen LogP contribution >= 0.6 is 0 Å². The fraction of sp³-hybridized carbons (Fsp3) is 0.174. The number of aryl methyl sites for hydroxylation is 1. The van der Waals surface area contributed by atoms with Crippen LogP contribution in [0.25, 0.3) is 0 Å². The lowest BCUT2D eigenvalue weighted by Crippen LogP contribution is -2.41. The summed E-state index contributed by atoms with van der Waals surface area (Å²) in [5, 5.41) is 2.74. The number of amides is 1. The molecule has 0 unspecified atom stereocenters. The molecule has 30 heavy (non-hydrogen) atoms. The zero-order chi connectivity index (χ0) is 21.6. The number of para-hydroxylation sites is 1. The SMILES string of the molecule is Cc1ccc(S(=O)(=O)N(CC(=O)NCCc2ccc(F)cc2)c2ccccc2)cc1. The lowest BCUT2D eigenvalue weighted by atomic mass is 10.1. The molecule has 0 fully saturated rings. The van der Waals surface area contributed by atoms with Gasteiger partial charge in [0.2, 0.25) is 5.91 Å². The number of carbonyl (C=O) groups is 1. The van der Waals surface area contributed by atoms with Gasteiger partial charge in [0.1, 0.15) is 12.4 Å². The fourth-order valence-corrected chi connectivity index (χ4v) is 4.35. The summed E-state index contributed by atoms with van der Waals surface area (Å²) >= 11 is 0. The first-order chi connectivity index (χ1) is 14.4. The van der Waals surface area contributed by atoms with Crippen molar-refractivity contribution in [2.24, 2.45) is 0 Å². The Morgan fingerprint density at radius 2 is 1.57 bits per heavy atom. The van der Waals surface area contributed by atoms with Crippen molar-refractivity contribution in [1.29, 1.82) is 0 Å². The number of nitrogens with zero attached hydrogens (tertiary/aromatic N) is 1. The van der Waals surface area contributed by atoms with Gasteiger partial charge in [-0.3, -0.25) is 9.10 Å². The Balaban J connectivity index is 1.73. The van der Waals surface area contributed by atoms with Crippen LogP contribution in [0.3, 0.4) is 0 Å². The average molecular weight is 427 g/mol. The predicted octanol–water partition coefficient (Wildman–Crippen LogP) is 3.69. The summed E-state index contributed by atoms with van der Waals surface area (Å²) in [6, 6.07) is 21.1. The zero-order valence-electron chi connectivity index (χ0n) is 16.6. The van der Waals surface area contributed by atoms with Crippen molar-refractivity contribution >= 4 is 21.6 Å². The summed E-state index contributed by atoms with van der Waals surface area (Å²) in [6.45, 7) is 1.85. The van der Waals surface area contributed by atoms with E-state index >= 15 is 0 Å². The summed E-state index contributed by atoms with van der Waals surface area (Å²) in [7, 11) is -3.92. The standard InChI is InChI=1S/C23H23FN2O3S/c1-18-7-13-22(14-8-18)30(28,29)26(21-5-3-2-4-6-21)17-23(27)25-16-15-19-9-11-20(24)12-10-19/h2-14H,15-17H2,1H3,(H,25,27). The molecule has 0 aliphatic carbocycles. The van der Waals surface area contributed by atoms with E-state index in [0.29, 0.717) is 18.7 Å². The topological polar surface area (TPSA) is 66.5 Å². The number of halogens is 1. The Morgan fingerprint density at radius 1 is 0.933 bits per heavy atom. The van der Waals surface area contributed by atoms with E-state index in [1.54, 1.807) is 54.6 Å². The molecule has 0 spiro atoms. The van der Waals surface area contributed by atoms with Gasteiger partial charge in [0.05, 0.1) is 10.6 Å². The molecule has 0 saturated heterocycles. The van der Waals surface area contributed by atoms with Crippen LogP contribution in [0, 0.1) is 12.7 Å². The Hall–Kier alpha value is -3.19. The minimum atomic E-state index is -3.92. The van der Waals surface area contributed by atoms with Gasteiger partial charge in [-0.05, 0) is 55.3 Å². The number of hydrogen-bond donors (Lipinski definition) is 1. The van der Waals surface area contributed by atoms with Crippen LogP contribution in [0.5, 0.6) is 0 Å². The van der Waals surface area contributed by atoms with E-state index in [2.05, 4.69) is 5.32 Å². The van der Waals surface area contributed by atoms with Crippen LogP contribution in [-0.2, 0) is 21.2 Å². The van der Waals surface area contributed by atoms with Gasteiger partial charge in [-0.25, -0.2) is 12.8 Å². The molecule has 0 heterocycles. The Kier molecular flexibility index (Phi) is 6.84. The van der Waals surface area contributed by atoms with Crippen molar-refractivity contribution < 1.29 is 17.6 Å². The molecule has 0 aromatic heterocycles. The monoisotopic (exact) mass is 426 g/mol. The van der Waals surface area contributed by atoms with Crippen LogP contribution in [0.4, 0.5) is 10.1 Å². The molecule has 0 saturated carbocycles. The van der Waals surface area contributed by atoms with Crippen LogP contribution in [-0.4, -0.2) is 27.4 Å². The van der Waals surface area contributed by atoms with Crippen LogP contribution < -0.4 is 9.62 Å². The maximum atomic E-state index is 13.2. The Morgan fingerprint density at radius 3 is 2.20 bits per heavy atom. The highest BCUT2D eigenvalue weighted by Crippen LogP contribution is 2.23. The Labute approximate surface area is 176 Å². The van der Waals surface area contributed by atoms with E-state index < -0.39 is 15.9 Å². The number of carbonyl (C=O) groups excluding carboxylic acids is 1. The third-order valence-electron chi connectivity index (χ3n) is 4.59. The van der Waals surface area contributed by atoms with Gasteiger partial charge >= 0.3 is 0 Å². The van der Waals surface area contributed by atoms with Crippen LogP contribution in [0.15, 0.2) is 83.8 Å². The second-order valence-electron chi connectivity index (χ2n) is 6.89. The highest BCUT2D eigenvalue weighted by atomic mass is 32.2. The minimum absolute atomic E-state index is 0.121. The fourth-order valence-electron chi connectivity index (χ4n) is 2.93. The molecule has 3 aromatic carbocycles. The van der Waals surface area contributed by atoms with Crippen LogP contribution in [0.1, 0.15) is 11.1 Å². The molecule has 0 bridgehead atoms. The molecule has 7 heteroatoms. The van der Waals surface area contributed by atoms with E-state index in [4.69, 9.17) is 0 Å². The quantitative estimate of drug-likeness (QED) is 0.597. The van der Waals surface area contributed by atoms with Crippen molar-refractivity contribution in [2.75, 3.05) is 17.4 Å². The normalized spacial score (nSPS) is 11.1. The van der Waals surface area contributed by atoms with Gasteiger partial charge in [-0.1, -0.05) is 48.0 Å². The summed E-state index contributed by atoms with van der Waals surface area (Å²) in [4.78, 5) is 12.6. The number of hydrogen-bond acceptors (Lipinski definition) is 3. The molecule has 0 radical (unpaired) electrons. The van der Waals surface area contributed by atoms with Gasteiger partial charge in [-0.15, -0.1) is 0 Å². The first-order valence-corrected chi connectivity index (χ1v) is 11.0. The van der Waals surface area contributed by atoms with Crippen molar-refractivity contribution in [3.8, 4) is 0 Å². The lowest BCUT2D eigenvalue weighted by molar-refractivity contribution is -0.119. The van der Waals surface area contributed by atoms with Gasteiger partial charge in [0.15, 0.2) is 0 Å². The molecular weight excluding hydrogens is 403 g/mol. The van der Waals surface area contributed by atoms with Crippen molar-refractivity contribution in [3.05, 3.63) is 95.8 Å². The van der Waals surface area contributed by atoms with Gasteiger partial charge in [-0.2, -0.15) is 0 Å². The molecule has 5 nitrogen and oxygen atoms in total. The molecule has 156 valence electrons. The number of rotatable bonds is 8. The molecule has 3 rings (SSSR count). The van der Waals surface area contributed by atoms with Gasteiger partial charge < -0.3 is 5.32 Å². The summed E-state index contributed by atoms with van der Waals surface area (Å²) in [5.41, 5.74) is 2.23. The third kappa shape index (κ3) is 5.45. The van der Waals surface area contributed by atoms with Crippen LogP contribution in [0.2, 0.25) is 0 Å². The number of sulfonamides is 1. The van der Waals surface area contributed by atoms with Crippen molar-refractivity contribution in [3.63, 3.8) is 0 Å². The van der Waals surface area contributed by atoms with Crippen molar-refractivity contribution in [2.45, 2.75) is 18.2 Å². The highest BCUT2D eigenvalue weighted by Gasteiger charge is 2.26. The van der Waals surface area contributed by atoms with E-state index in [9.17, 15) is 17.6 Å². The predicted molar refractivity (Wildman–Crippen MR) is 115 cm³/mol. The first kappa shape index (κ1) is 21.5. The second-order valence-corrected chi connectivity index (χ2v) is 8.75. The average Bonchev–Trinajstić information content (AvgIpc) is 2.74. The maximum absolute atomic E-state index is 13.2. The molecule has 0 aliphatic heterocycles. The first-order valence-electron chi connectivity index (χ1n) is 9.52. The number of nitrogens with one attached hydrogen (secondary N) is 1. The van der Waals surface area contributed by atoms with E-state index in [-0.39, 0.29) is 17.3 Å². The summed E-state index contributed by atoms with van der Waals surface area (Å²) in [6.07, 6.45) is 0.516. The number of anilines is 1. The second kappa shape index (κ2) is 9.54. The summed E-state index contributed by atoms with van der Waals surface area (Å²) < 4.78 is 40.5. The molecule has 3 aromatic rings. The van der Waals surface area contributed by atoms with Gasteiger partial charge in [0, 0.05) is 6.54 Å². The Bertz CT molecular complexity index is 1080. The minimum Gasteiger partial charge on any atom is -0.354 e. The molecular formula is C23H23FN2O3S. The largest absolute Gasteiger partial charge is 0.354 e. The van der Waals surface area contributed by atoms with E-state index in [1.807, 2.05) is 6.92 Å². The summed E-state index contributed by atoms with van der Waals surface area (Å²) in [5.74, 6) is -0.737. The third-order valence-corrected chi connectivity index (χ3v) is 6.38. The van der Waals surface area contributed by atoms with E-state index in [0.717, 1.165) is 15.4 Å². The zero-order valence-corrected chi connectivity index (χ0v) is 17.4. The maximum Gasteiger partial charge on any atom is 0.264 e. The van der Waals surface area contributed by atoms with Crippen molar-refractivity contribution in [1.82, 2.24) is 5.32 Å². The molecule has 1 amide bonds. The smallest absolute Gasteiger partial charge is 0.264 e. The van der Waals surface area contributed by atoms with Gasteiger partial charge in [0.25, 0.3) is 10.0 Å². The highest BCUT2D eigenvalue weighted by molar-refractivity contribution is 7.92.